The molecule has 0 unspecified atom stereocenters. The van der Waals surface area contributed by atoms with E-state index in [-0.39, 0.29) is 11.9 Å². The lowest BCUT2D eigenvalue weighted by molar-refractivity contribution is 0.0915. The van der Waals surface area contributed by atoms with Gasteiger partial charge in [-0.25, -0.2) is 0 Å². The van der Waals surface area contributed by atoms with Crippen molar-refractivity contribution in [3.63, 3.8) is 0 Å². The van der Waals surface area contributed by atoms with Crippen LogP contribution in [0.1, 0.15) is 41.0 Å². The zero-order valence-electron chi connectivity index (χ0n) is 13.9. The Hall–Kier alpha value is -1.17. The lowest BCUT2D eigenvalue weighted by atomic mass is 9.97. The molecule has 2 heterocycles. The van der Waals surface area contributed by atoms with Crippen LogP contribution in [0.4, 0.5) is 0 Å². The van der Waals surface area contributed by atoms with E-state index in [0.29, 0.717) is 12.1 Å². The van der Waals surface area contributed by atoms with E-state index in [1.165, 1.54) is 17.7 Å². The van der Waals surface area contributed by atoms with Gasteiger partial charge in [0.2, 0.25) is 0 Å². The van der Waals surface area contributed by atoms with Crippen LogP contribution in [0.5, 0.6) is 0 Å². The maximum Gasteiger partial charge on any atom is 0.251 e. The van der Waals surface area contributed by atoms with Crippen molar-refractivity contribution >= 4 is 33.2 Å². The molecule has 2 aromatic rings. The first-order valence-electron chi connectivity index (χ1n) is 8.44. The summed E-state index contributed by atoms with van der Waals surface area (Å²) in [6.45, 7) is 5.20. The molecule has 1 aliphatic rings. The molecule has 0 spiro atoms. The molecule has 1 N–H and O–H groups in total. The van der Waals surface area contributed by atoms with E-state index < -0.39 is 0 Å². The Morgan fingerprint density at radius 2 is 2.00 bits per heavy atom. The maximum absolute atomic E-state index is 12.4. The number of rotatable bonds is 5. The summed E-state index contributed by atoms with van der Waals surface area (Å²) >= 11 is 5.18. The highest BCUT2D eigenvalue weighted by atomic mass is 79.9. The van der Waals surface area contributed by atoms with Crippen LogP contribution in [0, 0.1) is 5.92 Å². The number of hydrogen-bond donors (Lipinski definition) is 1. The monoisotopic (exact) mass is 406 g/mol. The zero-order valence-corrected chi connectivity index (χ0v) is 16.3. The molecule has 0 saturated carbocycles. The van der Waals surface area contributed by atoms with E-state index in [1.54, 1.807) is 11.3 Å². The number of carbonyl (C=O) groups is 1. The fraction of sp³-hybridized carbons (Fsp3) is 0.421. The van der Waals surface area contributed by atoms with Gasteiger partial charge < -0.3 is 5.32 Å². The second-order valence-corrected chi connectivity index (χ2v) is 8.36. The van der Waals surface area contributed by atoms with Gasteiger partial charge in [0.05, 0.1) is 6.04 Å². The van der Waals surface area contributed by atoms with Gasteiger partial charge in [0.25, 0.3) is 5.91 Å². The molecular weight excluding hydrogens is 384 g/mol. The molecule has 1 fully saturated rings. The molecule has 24 heavy (non-hydrogen) atoms. The summed E-state index contributed by atoms with van der Waals surface area (Å²) in [5.74, 6) is 0.803. The molecule has 1 atom stereocenters. The number of likely N-dealkylation sites (tertiary alicyclic amines) is 1. The third-order valence-corrected chi connectivity index (χ3v) is 6.20. The minimum Gasteiger partial charge on any atom is -0.350 e. The summed E-state index contributed by atoms with van der Waals surface area (Å²) in [6, 6.07) is 12.0. The quantitative estimate of drug-likeness (QED) is 0.779. The highest BCUT2D eigenvalue weighted by Crippen LogP contribution is 2.29. The summed E-state index contributed by atoms with van der Waals surface area (Å²) < 4.78 is 0.984. The topological polar surface area (TPSA) is 32.3 Å². The average Bonchev–Trinajstić information content (AvgIpc) is 3.11. The Balaban J connectivity index is 1.66. The first-order chi connectivity index (χ1) is 11.6. The van der Waals surface area contributed by atoms with Crippen LogP contribution in [0.25, 0.3) is 0 Å². The van der Waals surface area contributed by atoms with Gasteiger partial charge in [-0.3, -0.25) is 9.69 Å². The largest absolute Gasteiger partial charge is 0.350 e. The number of carbonyl (C=O) groups excluding carboxylic acids is 1. The fourth-order valence-corrected chi connectivity index (χ4v) is 4.25. The number of thiophene rings is 1. The van der Waals surface area contributed by atoms with Crippen LogP contribution in [0.15, 0.2) is 46.3 Å². The van der Waals surface area contributed by atoms with Crippen LogP contribution in [0.2, 0.25) is 0 Å². The van der Waals surface area contributed by atoms with Gasteiger partial charge >= 0.3 is 0 Å². The predicted molar refractivity (Wildman–Crippen MR) is 104 cm³/mol. The molecule has 1 saturated heterocycles. The van der Waals surface area contributed by atoms with Crippen LogP contribution >= 0.6 is 27.3 Å². The van der Waals surface area contributed by atoms with Crippen LogP contribution < -0.4 is 5.32 Å². The van der Waals surface area contributed by atoms with Crippen LogP contribution in [-0.4, -0.2) is 30.4 Å². The molecule has 3 nitrogen and oxygen atoms in total. The van der Waals surface area contributed by atoms with E-state index in [2.05, 4.69) is 50.6 Å². The molecule has 1 amide bonds. The van der Waals surface area contributed by atoms with Crippen molar-refractivity contribution in [3.8, 4) is 0 Å². The van der Waals surface area contributed by atoms with Gasteiger partial charge in [-0.15, -0.1) is 11.3 Å². The third-order valence-electron chi connectivity index (χ3n) is 4.69. The number of nitrogens with zero attached hydrogens (tertiary/aromatic N) is 1. The minimum absolute atomic E-state index is 0.00515. The molecule has 1 aromatic carbocycles. The average molecular weight is 407 g/mol. The molecule has 128 valence electrons. The maximum atomic E-state index is 12.4. The Labute approximate surface area is 156 Å². The van der Waals surface area contributed by atoms with Crippen molar-refractivity contribution in [1.29, 1.82) is 0 Å². The van der Waals surface area contributed by atoms with E-state index in [1.807, 2.05) is 24.3 Å². The minimum atomic E-state index is -0.00515. The molecular formula is C19H23BrN2OS. The first-order valence-corrected chi connectivity index (χ1v) is 10.1. The summed E-state index contributed by atoms with van der Waals surface area (Å²) in [6.07, 6.45) is 2.48. The number of piperidine rings is 1. The standard InChI is InChI=1S/C19H23BrN2OS/c1-14-8-10-22(11-9-14)17(18-3-2-12-24-18)13-21-19(23)15-4-6-16(20)7-5-15/h2-7,12,14,17H,8-11,13H2,1H3,(H,21,23)/t17-/m0/s1. The number of benzene rings is 1. The SMILES string of the molecule is CC1CCN([C@@H](CNC(=O)c2ccc(Br)cc2)c2cccs2)CC1. The van der Waals surface area contributed by atoms with Crippen LogP contribution in [-0.2, 0) is 0 Å². The normalized spacial score (nSPS) is 17.6. The van der Waals surface area contributed by atoms with E-state index in [9.17, 15) is 4.79 Å². The Morgan fingerprint density at radius 3 is 2.62 bits per heavy atom. The number of hydrogen-bond acceptors (Lipinski definition) is 3. The highest BCUT2D eigenvalue weighted by molar-refractivity contribution is 9.10. The second-order valence-electron chi connectivity index (χ2n) is 6.47. The first kappa shape index (κ1) is 17.6. The van der Waals surface area contributed by atoms with Crippen molar-refractivity contribution in [2.24, 2.45) is 5.92 Å². The Bertz CT molecular complexity index is 649. The fourth-order valence-electron chi connectivity index (χ4n) is 3.12. The smallest absolute Gasteiger partial charge is 0.251 e. The molecule has 0 bridgehead atoms. The molecule has 0 aliphatic carbocycles. The zero-order chi connectivity index (χ0) is 16.9. The van der Waals surface area contributed by atoms with Gasteiger partial charge in [-0.1, -0.05) is 28.9 Å². The van der Waals surface area contributed by atoms with Gasteiger partial charge in [0.1, 0.15) is 0 Å². The van der Waals surface area contributed by atoms with Gasteiger partial charge in [-0.05, 0) is 67.6 Å². The molecule has 1 aromatic heterocycles. The van der Waals surface area contributed by atoms with Crippen molar-refractivity contribution in [1.82, 2.24) is 10.2 Å². The predicted octanol–water partition coefficient (Wildman–Crippen LogP) is 4.71. The summed E-state index contributed by atoms with van der Waals surface area (Å²) in [5.41, 5.74) is 0.704. The Morgan fingerprint density at radius 1 is 1.29 bits per heavy atom. The summed E-state index contributed by atoms with van der Waals surface area (Å²) in [7, 11) is 0. The van der Waals surface area contributed by atoms with Crippen molar-refractivity contribution in [3.05, 3.63) is 56.7 Å². The summed E-state index contributed by atoms with van der Waals surface area (Å²) in [4.78, 5) is 16.3. The number of amides is 1. The third kappa shape index (κ3) is 4.47. The van der Waals surface area contributed by atoms with E-state index in [0.717, 1.165) is 23.5 Å². The van der Waals surface area contributed by atoms with Crippen LogP contribution in [0.3, 0.4) is 0 Å². The van der Waals surface area contributed by atoms with E-state index in [4.69, 9.17) is 0 Å². The number of halogens is 1. The Kier molecular flexibility index (Phi) is 6.09. The second kappa shape index (κ2) is 8.28. The lowest BCUT2D eigenvalue weighted by Crippen LogP contribution is -2.41. The molecule has 3 rings (SSSR count). The summed E-state index contributed by atoms with van der Waals surface area (Å²) in [5, 5.41) is 5.24. The van der Waals surface area contributed by atoms with Gasteiger partial charge in [0.15, 0.2) is 0 Å². The van der Waals surface area contributed by atoms with Crippen molar-refractivity contribution < 1.29 is 4.79 Å². The van der Waals surface area contributed by atoms with Crippen molar-refractivity contribution in [2.75, 3.05) is 19.6 Å². The highest BCUT2D eigenvalue weighted by Gasteiger charge is 2.25. The van der Waals surface area contributed by atoms with Crippen molar-refractivity contribution in [2.45, 2.75) is 25.8 Å². The van der Waals surface area contributed by atoms with Gasteiger partial charge in [-0.2, -0.15) is 0 Å². The molecule has 0 radical (unpaired) electrons. The number of nitrogens with one attached hydrogen (secondary N) is 1. The van der Waals surface area contributed by atoms with E-state index >= 15 is 0 Å². The molecule has 1 aliphatic heterocycles. The molecule has 5 heteroatoms. The lowest BCUT2D eigenvalue weighted by Gasteiger charge is -2.36. The van der Waals surface area contributed by atoms with Gasteiger partial charge in [0, 0.05) is 21.5 Å².